The van der Waals surface area contributed by atoms with Crippen molar-refractivity contribution in [2.75, 3.05) is 12.4 Å². The zero-order chi connectivity index (χ0) is 15.2. The fourth-order valence-corrected chi connectivity index (χ4v) is 2.08. The molecule has 2 rings (SSSR count). The van der Waals surface area contributed by atoms with Gasteiger partial charge in [-0.15, -0.1) is 11.6 Å². The van der Waals surface area contributed by atoms with E-state index in [1.807, 2.05) is 6.07 Å². The lowest BCUT2D eigenvalue weighted by Gasteiger charge is -2.10. The van der Waals surface area contributed by atoms with E-state index in [2.05, 4.69) is 10.6 Å². The zero-order valence-electron chi connectivity index (χ0n) is 11.5. The van der Waals surface area contributed by atoms with Crippen LogP contribution >= 0.6 is 11.6 Å². The Balaban J connectivity index is 2.25. The highest BCUT2D eigenvalue weighted by Gasteiger charge is 2.13. The van der Waals surface area contributed by atoms with Crippen molar-refractivity contribution in [1.82, 2.24) is 5.32 Å². The predicted molar refractivity (Wildman–Crippen MR) is 83.8 cm³/mol. The van der Waals surface area contributed by atoms with Gasteiger partial charge in [0.1, 0.15) is 0 Å². The van der Waals surface area contributed by atoms with Crippen LogP contribution in [0, 0.1) is 0 Å². The van der Waals surface area contributed by atoms with Crippen molar-refractivity contribution in [2.45, 2.75) is 5.88 Å². The highest BCUT2D eigenvalue weighted by molar-refractivity contribution is 6.17. The molecule has 0 spiro atoms. The van der Waals surface area contributed by atoms with Crippen molar-refractivity contribution in [3.8, 4) is 0 Å². The second-order valence-electron chi connectivity index (χ2n) is 4.41. The lowest BCUT2D eigenvalue weighted by atomic mass is 10.1. The Hall–Kier alpha value is -2.33. The molecule has 0 aliphatic carbocycles. The summed E-state index contributed by atoms with van der Waals surface area (Å²) in [4.78, 5) is 24.0. The van der Waals surface area contributed by atoms with Crippen LogP contribution in [0.4, 0.5) is 5.69 Å². The Kier molecular flexibility index (Phi) is 4.95. The number of hydrogen-bond acceptors (Lipinski definition) is 2. The van der Waals surface area contributed by atoms with E-state index in [1.165, 1.54) is 0 Å². The first-order valence-corrected chi connectivity index (χ1v) is 6.96. The first kappa shape index (κ1) is 15.1. The van der Waals surface area contributed by atoms with Gasteiger partial charge in [0.15, 0.2) is 0 Å². The number of carbonyl (C=O) groups is 2. The van der Waals surface area contributed by atoms with E-state index < -0.39 is 0 Å². The van der Waals surface area contributed by atoms with Crippen LogP contribution in [0.25, 0.3) is 0 Å². The molecule has 21 heavy (non-hydrogen) atoms. The molecule has 0 bridgehead atoms. The minimum absolute atomic E-state index is 0.250. The Bertz CT molecular complexity index is 671. The molecule has 2 N–H and O–H groups in total. The standard InChI is InChI=1S/C16H15ClN2O2/c1-18-16(21)13-7-2-3-8-14(13)19-15(20)12-6-4-5-11(9-12)10-17/h2-9H,10H2,1H3,(H,18,21)(H,19,20). The minimum Gasteiger partial charge on any atom is -0.355 e. The molecule has 0 aromatic heterocycles. The highest BCUT2D eigenvalue weighted by Crippen LogP contribution is 2.17. The quantitative estimate of drug-likeness (QED) is 0.853. The van der Waals surface area contributed by atoms with Gasteiger partial charge in [-0.2, -0.15) is 0 Å². The Labute approximate surface area is 128 Å². The maximum atomic E-state index is 12.3. The van der Waals surface area contributed by atoms with E-state index in [-0.39, 0.29) is 11.8 Å². The number of alkyl halides is 1. The topological polar surface area (TPSA) is 58.2 Å². The molecule has 2 aromatic carbocycles. The van der Waals surface area contributed by atoms with Crippen LogP contribution in [-0.2, 0) is 5.88 Å². The van der Waals surface area contributed by atoms with Crippen LogP contribution < -0.4 is 10.6 Å². The lowest BCUT2D eigenvalue weighted by molar-refractivity contribution is 0.0964. The molecule has 0 radical (unpaired) electrons. The average Bonchev–Trinajstić information content (AvgIpc) is 2.54. The minimum atomic E-state index is -0.279. The van der Waals surface area contributed by atoms with Crippen LogP contribution in [0.3, 0.4) is 0 Å². The third kappa shape index (κ3) is 3.61. The van der Waals surface area contributed by atoms with Gasteiger partial charge in [0.05, 0.1) is 11.3 Å². The first-order valence-electron chi connectivity index (χ1n) is 6.43. The lowest BCUT2D eigenvalue weighted by Crippen LogP contribution is -2.21. The van der Waals surface area contributed by atoms with Crippen molar-refractivity contribution >= 4 is 29.1 Å². The van der Waals surface area contributed by atoms with Crippen molar-refractivity contribution in [2.24, 2.45) is 0 Å². The molecule has 4 nitrogen and oxygen atoms in total. The summed E-state index contributed by atoms with van der Waals surface area (Å²) in [6, 6.07) is 13.9. The number of benzene rings is 2. The van der Waals surface area contributed by atoms with Gasteiger partial charge in [-0.3, -0.25) is 9.59 Å². The second kappa shape index (κ2) is 6.90. The van der Waals surface area contributed by atoms with Gasteiger partial charge >= 0.3 is 0 Å². The Morgan fingerprint density at radius 1 is 1.05 bits per heavy atom. The third-order valence-electron chi connectivity index (χ3n) is 2.99. The highest BCUT2D eigenvalue weighted by atomic mass is 35.5. The van der Waals surface area contributed by atoms with Crippen molar-refractivity contribution in [3.63, 3.8) is 0 Å². The molecule has 0 aliphatic rings. The molecular formula is C16H15ClN2O2. The smallest absolute Gasteiger partial charge is 0.255 e. The molecule has 0 saturated carbocycles. The summed E-state index contributed by atoms with van der Waals surface area (Å²) in [5, 5.41) is 5.30. The van der Waals surface area contributed by atoms with Crippen LogP contribution in [0.5, 0.6) is 0 Å². The van der Waals surface area contributed by atoms with Crippen molar-refractivity contribution in [1.29, 1.82) is 0 Å². The predicted octanol–water partition coefficient (Wildman–Crippen LogP) is 3.04. The molecule has 5 heteroatoms. The van der Waals surface area contributed by atoms with Crippen molar-refractivity contribution in [3.05, 3.63) is 65.2 Å². The molecular weight excluding hydrogens is 288 g/mol. The molecule has 0 fully saturated rings. The SMILES string of the molecule is CNC(=O)c1ccccc1NC(=O)c1cccc(CCl)c1. The average molecular weight is 303 g/mol. The first-order chi connectivity index (χ1) is 10.2. The number of hydrogen-bond donors (Lipinski definition) is 2. The third-order valence-corrected chi connectivity index (χ3v) is 3.30. The summed E-state index contributed by atoms with van der Waals surface area (Å²) < 4.78 is 0. The van der Waals surface area contributed by atoms with Gasteiger partial charge in [0, 0.05) is 18.5 Å². The molecule has 0 unspecified atom stereocenters. The molecule has 0 heterocycles. The monoisotopic (exact) mass is 302 g/mol. The van der Waals surface area contributed by atoms with Crippen LogP contribution in [0.2, 0.25) is 0 Å². The summed E-state index contributed by atoms with van der Waals surface area (Å²) in [6.07, 6.45) is 0. The van der Waals surface area contributed by atoms with E-state index in [0.29, 0.717) is 22.7 Å². The van der Waals surface area contributed by atoms with Crippen molar-refractivity contribution < 1.29 is 9.59 Å². The van der Waals surface area contributed by atoms with Gasteiger partial charge in [0.25, 0.3) is 11.8 Å². The summed E-state index contributed by atoms with van der Waals surface area (Å²) in [7, 11) is 1.55. The number of anilines is 1. The van der Waals surface area contributed by atoms with E-state index in [9.17, 15) is 9.59 Å². The number of amides is 2. The normalized spacial score (nSPS) is 10.0. The summed E-state index contributed by atoms with van der Waals surface area (Å²) in [5.41, 5.74) is 2.25. The van der Waals surface area contributed by atoms with Crippen LogP contribution in [0.15, 0.2) is 48.5 Å². The summed E-state index contributed by atoms with van der Waals surface area (Å²) >= 11 is 5.76. The van der Waals surface area contributed by atoms with E-state index in [4.69, 9.17) is 11.6 Å². The fourth-order valence-electron chi connectivity index (χ4n) is 1.91. The maximum Gasteiger partial charge on any atom is 0.255 e. The van der Waals surface area contributed by atoms with Gasteiger partial charge < -0.3 is 10.6 Å². The van der Waals surface area contributed by atoms with E-state index >= 15 is 0 Å². The van der Waals surface area contributed by atoms with Crippen LogP contribution in [-0.4, -0.2) is 18.9 Å². The maximum absolute atomic E-state index is 12.3. The molecule has 108 valence electrons. The Morgan fingerprint density at radius 3 is 2.52 bits per heavy atom. The van der Waals surface area contributed by atoms with Gasteiger partial charge in [0.2, 0.25) is 0 Å². The van der Waals surface area contributed by atoms with Crippen LogP contribution in [0.1, 0.15) is 26.3 Å². The number of halogens is 1. The second-order valence-corrected chi connectivity index (χ2v) is 4.68. The van der Waals surface area contributed by atoms with Gasteiger partial charge in [-0.1, -0.05) is 24.3 Å². The number of carbonyl (C=O) groups excluding carboxylic acids is 2. The molecule has 2 aromatic rings. The number of para-hydroxylation sites is 1. The number of rotatable bonds is 4. The van der Waals surface area contributed by atoms with Gasteiger partial charge in [-0.25, -0.2) is 0 Å². The summed E-state index contributed by atoms with van der Waals surface area (Å²) in [5.74, 6) is -0.186. The fraction of sp³-hybridized carbons (Fsp3) is 0.125. The largest absolute Gasteiger partial charge is 0.355 e. The molecule has 0 saturated heterocycles. The van der Waals surface area contributed by atoms with E-state index in [0.717, 1.165) is 5.56 Å². The molecule has 0 atom stereocenters. The van der Waals surface area contributed by atoms with Gasteiger partial charge in [-0.05, 0) is 29.8 Å². The molecule has 0 aliphatic heterocycles. The van der Waals surface area contributed by atoms with E-state index in [1.54, 1.807) is 49.5 Å². The number of nitrogens with one attached hydrogen (secondary N) is 2. The Morgan fingerprint density at radius 2 is 1.81 bits per heavy atom. The summed E-state index contributed by atoms with van der Waals surface area (Å²) in [6.45, 7) is 0. The zero-order valence-corrected chi connectivity index (χ0v) is 12.3. The molecule has 2 amide bonds.